The summed E-state index contributed by atoms with van der Waals surface area (Å²) in [5.41, 5.74) is 0.0311. The molecule has 0 saturated heterocycles. The fourth-order valence-corrected chi connectivity index (χ4v) is 2.53. The van der Waals surface area contributed by atoms with Gasteiger partial charge in [-0.25, -0.2) is 4.39 Å². The highest BCUT2D eigenvalue weighted by atomic mass is 127. The monoisotopic (exact) mass is 415 g/mol. The first kappa shape index (κ1) is 15.2. The highest BCUT2D eigenvalue weighted by Gasteiger charge is 2.16. The third-order valence-electron chi connectivity index (χ3n) is 2.35. The fraction of sp³-hybridized carbons (Fsp3) is 0. The molecule has 2 rings (SSSR count). The molecule has 0 aliphatic heterocycles. The van der Waals surface area contributed by atoms with Gasteiger partial charge in [0, 0.05) is 9.77 Å². The SMILES string of the molecule is N#CC(=CNc1c(I)cc(Cl)c(F)c1C#N)c1nn[nH]n1. The summed E-state index contributed by atoms with van der Waals surface area (Å²) in [4.78, 5) is 0. The number of hydrogen-bond donors (Lipinski definition) is 2. The molecular formula is C11H4ClFIN7. The second-order valence-electron chi connectivity index (χ2n) is 3.57. The number of allylic oxidation sites excluding steroid dienone is 1. The molecule has 0 aliphatic carbocycles. The second-order valence-corrected chi connectivity index (χ2v) is 5.13. The molecular weight excluding hydrogens is 412 g/mol. The van der Waals surface area contributed by atoms with Gasteiger partial charge in [0.05, 0.1) is 10.7 Å². The number of anilines is 1. The molecule has 10 heteroatoms. The number of aromatic amines is 1. The smallest absolute Gasteiger partial charge is 0.216 e. The maximum atomic E-state index is 13.8. The summed E-state index contributed by atoms with van der Waals surface area (Å²) >= 11 is 7.58. The number of nitrogens with one attached hydrogen (secondary N) is 2. The third-order valence-corrected chi connectivity index (χ3v) is 3.48. The van der Waals surface area contributed by atoms with Crippen molar-refractivity contribution < 1.29 is 4.39 Å². The lowest BCUT2D eigenvalue weighted by atomic mass is 10.2. The molecule has 7 nitrogen and oxygen atoms in total. The third kappa shape index (κ3) is 3.09. The first-order valence-electron chi connectivity index (χ1n) is 5.26. The summed E-state index contributed by atoms with van der Waals surface area (Å²) in [5, 5.41) is 33.5. The largest absolute Gasteiger partial charge is 0.358 e. The minimum atomic E-state index is -0.825. The van der Waals surface area contributed by atoms with Gasteiger partial charge in [0.25, 0.3) is 0 Å². The van der Waals surface area contributed by atoms with Crippen molar-refractivity contribution >= 4 is 45.5 Å². The lowest BCUT2D eigenvalue weighted by Gasteiger charge is -2.09. The molecule has 0 aliphatic rings. The molecule has 2 aromatic rings. The van der Waals surface area contributed by atoms with Crippen molar-refractivity contribution in [3.05, 3.63) is 38.1 Å². The van der Waals surface area contributed by atoms with Gasteiger partial charge in [-0.1, -0.05) is 11.6 Å². The molecule has 0 atom stereocenters. The Balaban J connectivity index is 2.44. The Bertz CT molecular complexity index is 788. The normalized spacial score (nSPS) is 10.8. The van der Waals surface area contributed by atoms with Crippen LogP contribution in [0.1, 0.15) is 11.4 Å². The van der Waals surface area contributed by atoms with Crippen molar-refractivity contribution in [3.63, 3.8) is 0 Å². The van der Waals surface area contributed by atoms with Gasteiger partial charge < -0.3 is 5.32 Å². The molecule has 0 fully saturated rings. The van der Waals surface area contributed by atoms with Gasteiger partial charge in [0.15, 0.2) is 5.82 Å². The van der Waals surface area contributed by atoms with Crippen LogP contribution in [-0.4, -0.2) is 20.6 Å². The van der Waals surface area contributed by atoms with Gasteiger partial charge in [0.1, 0.15) is 23.3 Å². The van der Waals surface area contributed by atoms with E-state index < -0.39 is 5.82 Å². The average molecular weight is 416 g/mol. The molecule has 0 radical (unpaired) electrons. The molecule has 0 spiro atoms. The molecule has 2 N–H and O–H groups in total. The van der Waals surface area contributed by atoms with Crippen LogP contribution in [0.5, 0.6) is 0 Å². The van der Waals surface area contributed by atoms with E-state index in [0.29, 0.717) is 3.57 Å². The van der Waals surface area contributed by atoms with Crippen LogP contribution in [0.15, 0.2) is 12.3 Å². The van der Waals surface area contributed by atoms with Crippen LogP contribution in [-0.2, 0) is 0 Å². The number of H-pyrrole nitrogens is 1. The van der Waals surface area contributed by atoms with Crippen molar-refractivity contribution in [2.75, 3.05) is 5.32 Å². The van der Waals surface area contributed by atoms with E-state index in [-0.39, 0.29) is 27.7 Å². The topological polar surface area (TPSA) is 114 Å². The minimum absolute atomic E-state index is 0.0683. The number of nitriles is 2. The number of aromatic nitrogens is 4. The van der Waals surface area contributed by atoms with E-state index in [9.17, 15) is 4.39 Å². The van der Waals surface area contributed by atoms with E-state index in [1.807, 2.05) is 28.7 Å². The molecule has 21 heavy (non-hydrogen) atoms. The minimum Gasteiger partial charge on any atom is -0.358 e. The highest BCUT2D eigenvalue weighted by molar-refractivity contribution is 14.1. The zero-order valence-corrected chi connectivity index (χ0v) is 12.9. The number of benzene rings is 1. The van der Waals surface area contributed by atoms with Gasteiger partial charge in [-0.15, -0.1) is 10.2 Å². The van der Waals surface area contributed by atoms with Crippen LogP contribution in [0.3, 0.4) is 0 Å². The maximum absolute atomic E-state index is 13.8. The second kappa shape index (κ2) is 6.47. The van der Waals surface area contributed by atoms with E-state index >= 15 is 0 Å². The molecule has 0 amide bonds. The molecule has 1 heterocycles. The van der Waals surface area contributed by atoms with E-state index in [0.717, 1.165) is 0 Å². The summed E-state index contributed by atoms with van der Waals surface area (Å²) in [6, 6.07) is 4.97. The van der Waals surface area contributed by atoms with Gasteiger partial charge in [-0.2, -0.15) is 15.7 Å². The standard InChI is InChI=1S/C11H4ClFIN7/c12-7-1-8(14)10(6(3-16)9(7)13)17-4-5(2-15)11-18-20-21-19-11/h1,4,17H,(H,18,19,20,21). The van der Waals surface area contributed by atoms with Gasteiger partial charge >= 0.3 is 0 Å². The maximum Gasteiger partial charge on any atom is 0.216 e. The van der Waals surface area contributed by atoms with E-state index in [1.54, 1.807) is 6.07 Å². The van der Waals surface area contributed by atoms with Crippen LogP contribution in [0.4, 0.5) is 10.1 Å². The molecule has 0 bridgehead atoms. The zero-order chi connectivity index (χ0) is 15.4. The van der Waals surface area contributed by atoms with Crippen LogP contribution >= 0.6 is 34.2 Å². The van der Waals surface area contributed by atoms with Crippen molar-refractivity contribution in [3.8, 4) is 12.1 Å². The Kier molecular flexibility index (Phi) is 4.67. The van der Waals surface area contributed by atoms with Gasteiger partial charge in [-0.05, 0) is 33.9 Å². The predicted octanol–water partition coefficient (Wildman–Crippen LogP) is 2.45. The summed E-state index contributed by atoms with van der Waals surface area (Å²) in [6.07, 6.45) is 1.26. The lowest BCUT2D eigenvalue weighted by Crippen LogP contribution is -2.00. The Morgan fingerprint density at radius 3 is 2.86 bits per heavy atom. The first-order valence-corrected chi connectivity index (χ1v) is 6.72. The van der Waals surface area contributed by atoms with Gasteiger partial charge in [0.2, 0.25) is 5.82 Å². The number of tetrazole rings is 1. The summed E-state index contributed by atoms with van der Waals surface area (Å²) in [7, 11) is 0. The summed E-state index contributed by atoms with van der Waals surface area (Å²) in [6.45, 7) is 0. The van der Waals surface area contributed by atoms with Crippen molar-refractivity contribution in [1.29, 1.82) is 10.5 Å². The quantitative estimate of drug-likeness (QED) is 0.452. The Labute approximate surface area is 136 Å². The molecule has 1 aromatic carbocycles. The zero-order valence-electron chi connectivity index (χ0n) is 10.0. The van der Waals surface area contributed by atoms with E-state index in [2.05, 4.69) is 25.9 Å². The lowest BCUT2D eigenvalue weighted by molar-refractivity contribution is 0.624. The van der Waals surface area contributed by atoms with Crippen LogP contribution in [0, 0.1) is 32.0 Å². The molecule has 0 saturated carbocycles. The van der Waals surface area contributed by atoms with Crippen molar-refractivity contribution in [1.82, 2.24) is 20.6 Å². The van der Waals surface area contributed by atoms with Gasteiger partial charge in [-0.3, -0.25) is 0 Å². The van der Waals surface area contributed by atoms with E-state index in [1.165, 1.54) is 12.3 Å². The Morgan fingerprint density at radius 2 is 2.29 bits per heavy atom. The highest BCUT2D eigenvalue weighted by Crippen LogP contribution is 2.30. The molecule has 1 aromatic heterocycles. The summed E-state index contributed by atoms with van der Waals surface area (Å²) in [5.74, 6) is -0.749. The fourth-order valence-electron chi connectivity index (χ4n) is 1.41. The molecule has 104 valence electrons. The first-order chi connectivity index (χ1) is 10.1. The van der Waals surface area contributed by atoms with Crippen molar-refractivity contribution in [2.24, 2.45) is 0 Å². The van der Waals surface area contributed by atoms with Crippen LogP contribution in [0.25, 0.3) is 5.57 Å². The number of rotatable bonds is 3. The van der Waals surface area contributed by atoms with E-state index in [4.69, 9.17) is 22.1 Å². The Hall–Kier alpha value is -2.24. The molecule has 0 unspecified atom stereocenters. The van der Waals surface area contributed by atoms with Crippen LogP contribution < -0.4 is 5.32 Å². The number of hydrogen-bond acceptors (Lipinski definition) is 6. The van der Waals surface area contributed by atoms with Crippen LogP contribution in [0.2, 0.25) is 5.02 Å². The number of halogens is 3. The van der Waals surface area contributed by atoms with Crippen molar-refractivity contribution in [2.45, 2.75) is 0 Å². The Morgan fingerprint density at radius 1 is 1.52 bits per heavy atom. The average Bonchev–Trinajstić information content (AvgIpc) is 2.99. The predicted molar refractivity (Wildman–Crippen MR) is 80.2 cm³/mol. The number of nitrogens with zero attached hydrogens (tertiary/aromatic N) is 5. The summed E-state index contributed by atoms with van der Waals surface area (Å²) < 4.78 is 14.3.